The minimum Gasteiger partial charge on any atom is -0.396 e. The molecule has 16 heavy (non-hydrogen) atoms. The molecule has 94 valence electrons. The van der Waals surface area contributed by atoms with Crippen LogP contribution in [-0.2, 0) is 0 Å². The normalized spacial score (nSPS) is 27.9. The average Bonchev–Trinajstić information content (AvgIpc) is 3.08. The van der Waals surface area contributed by atoms with Crippen molar-refractivity contribution >= 4 is 0 Å². The smallest absolute Gasteiger partial charge is 0.0499 e. The molecule has 0 bridgehead atoms. The fourth-order valence-electron chi connectivity index (χ4n) is 2.64. The zero-order valence-electron chi connectivity index (χ0n) is 10.7. The van der Waals surface area contributed by atoms with Crippen LogP contribution in [0.15, 0.2) is 0 Å². The van der Waals surface area contributed by atoms with Gasteiger partial charge in [0.15, 0.2) is 0 Å². The van der Waals surface area contributed by atoms with Gasteiger partial charge >= 0.3 is 0 Å². The van der Waals surface area contributed by atoms with Crippen molar-refractivity contribution in [3.05, 3.63) is 0 Å². The second kappa shape index (κ2) is 5.03. The highest BCUT2D eigenvalue weighted by Gasteiger charge is 2.42. The summed E-state index contributed by atoms with van der Waals surface area (Å²) in [7, 11) is 2.21. The predicted octanol–water partition coefficient (Wildman–Crippen LogP) is 1.08. The Morgan fingerprint density at radius 3 is 2.50 bits per heavy atom. The molecule has 2 aliphatic rings. The minimum absolute atomic E-state index is 0.250. The van der Waals surface area contributed by atoms with Gasteiger partial charge < -0.3 is 15.3 Å². The molecule has 1 saturated heterocycles. The van der Waals surface area contributed by atoms with Gasteiger partial charge in [-0.25, -0.2) is 0 Å². The van der Waals surface area contributed by atoms with Crippen LogP contribution in [0.25, 0.3) is 0 Å². The van der Waals surface area contributed by atoms with Crippen LogP contribution in [0.1, 0.15) is 32.6 Å². The van der Waals surface area contributed by atoms with Gasteiger partial charge in [0.05, 0.1) is 0 Å². The number of aliphatic hydroxyl groups excluding tert-OH is 1. The molecule has 0 aromatic carbocycles. The lowest BCUT2D eigenvalue weighted by Gasteiger charge is -2.33. The van der Waals surface area contributed by atoms with Crippen molar-refractivity contribution in [2.45, 2.75) is 38.6 Å². The quantitative estimate of drug-likeness (QED) is 0.736. The first-order valence-electron chi connectivity index (χ1n) is 6.68. The van der Waals surface area contributed by atoms with E-state index in [1.54, 1.807) is 0 Å². The highest BCUT2D eigenvalue weighted by Crippen LogP contribution is 2.44. The number of nitrogens with one attached hydrogen (secondary N) is 1. The Kier molecular flexibility index (Phi) is 3.88. The van der Waals surface area contributed by atoms with Gasteiger partial charge in [-0.2, -0.15) is 0 Å². The van der Waals surface area contributed by atoms with Gasteiger partial charge in [-0.15, -0.1) is 0 Å². The van der Waals surface area contributed by atoms with Crippen molar-refractivity contribution in [1.29, 1.82) is 0 Å². The van der Waals surface area contributed by atoms with E-state index in [9.17, 15) is 5.11 Å². The van der Waals surface area contributed by atoms with Gasteiger partial charge in [0.25, 0.3) is 0 Å². The van der Waals surface area contributed by atoms with Gasteiger partial charge in [-0.3, -0.25) is 0 Å². The van der Waals surface area contributed by atoms with Crippen LogP contribution in [0.5, 0.6) is 0 Å². The maximum Gasteiger partial charge on any atom is 0.0499 e. The molecule has 1 heterocycles. The average molecular weight is 226 g/mol. The lowest BCUT2D eigenvalue weighted by atomic mass is 9.90. The number of hydrogen-bond donors (Lipinski definition) is 2. The summed E-state index contributed by atoms with van der Waals surface area (Å²) in [6.07, 6.45) is 5.04. The Labute approximate surface area is 99.2 Å². The molecule has 0 radical (unpaired) electrons. The third-order valence-corrected chi connectivity index (χ3v) is 4.56. The number of likely N-dealkylation sites (tertiary alicyclic amines) is 1. The fraction of sp³-hybridized carbons (Fsp3) is 1.00. The molecule has 3 nitrogen and oxygen atoms in total. The molecule has 0 aromatic heterocycles. The van der Waals surface area contributed by atoms with Crippen molar-refractivity contribution in [3.63, 3.8) is 0 Å². The van der Waals surface area contributed by atoms with Crippen LogP contribution in [0.3, 0.4) is 0 Å². The van der Waals surface area contributed by atoms with E-state index in [4.69, 9.17) is 0 Å². The minimum atomic E-state index is 0.250. The van der Waals surface area contributed by atoms with E-state index in [0.717, 1.165) is 12.5 Å². The predicted molar refractivity (Wildman–Crippen MR) is 66.4 cm³/mol. The molecular formula is C13H26N2O. The summed E-state index contributed by atoms with van der Waals surface area (Å²) in [5.74, 6) is 0.825. The van der Waals surface area contributed by atoms with Gasteiger partial charge in [0.1, 0.15) is 0 Å². The third kappa shape index (κ3) is 2.96. The lowest BCUT2D eigenvalue weighted by Crippen LogP contribution is -2.42. The first kappa shape index (κ1) is 12.3. The van der Waals surface area contributed by atoms with Crippen molar-refractivity contribution in [2.75, 3.05) is 33.3 Å². The molecule has 1 unspecified atom stereocenters. The van der Waals surface area contributed by atoms with Crippen molar-refractivity contribution in [2.24, 2.45) is 11.3 Å². The van der Waals surface area contributed by atoms with E-state index in [0.29, 0.717) is 12.6 Å². The zero-order valence-corrected chi connectivity index (χ0v) is 10.7. The van der Waals surface area contributed by atoms with Gasteiger partial charge in [-0.1, -0.05) is 0 Å². The van der Waals surface area contributed by atoms with Crippen LogP contribution in [0, 0.1) is 11.3 Å². The Hall–Kier alpha value is -0.120. The number of rotatable bonds is 5. The van der Waals surface area contributed by atoms with E-state index in [1.807, 2.05) is 0 Å². The van der Waals surface area contributed by atoms with Gasteiger partial charge in [0.2, 0.25) is 0 Å². The first-order chi connectivity index (χ1) is 7.65. The molecule has 0 spiro atoms. The molecule has 0 aromatic rings. The fourth-order valence-corrected chi connectivity index (χ4v) is 2.64. The van der Waals surface area contributed by atoms with E-state index in [2.05, 4.69) is 24.2 Å². The SMILES string of the molecule is CC(NCC1(CO)CC1)C1CCN(C)CC1. The van der Waals surface area contributed by atoms with Crippen LogP contribution in [0.4, 0.5) is 0 Å². The summed E-state index contributed by atoms with van der Waals surface area (Å²) in [5.41, 5.74) is 0.250. The molecule has 2 N–H and O–H groups in total. The molecule has 1 saturated carbocycles. The molecule has 0 amide bonds. The molecular weight excluding hydrogens is 200 g/mol. The van der Waals surface area contributed by atoms with Crippen molar-refractivity contribution in [3.8, 4) is 0 Å². The lowest BCUT2D eigenvalue weighted by molar-refractivity contribution is 0.171. The van der Waals surface area contributed by atoms with Gasteiger partial charge in [-0.05, 0) is 58.7 Å². The summed E-state index contributed by atoms with van der Waals surface area (Å²) < 4.78 is 0. The van der Waals surface area contributed by atoms with E-state index >= 15 is 0 Å². The maximum atomic E-state index is 9.27. The summed E-state index contributed by atoms with van der Waals surface area (Å²) in [6, 6.07) is 0.609. The summed E-state index contributed by atoms with van der Waals surface area (Å²) >= 11 is 0. The van der Waals surface area contributed by atoms with Crippen molar-refractivity contribution < 1.29 is 5.11 Å². The Morgan fingerprint density at radius 1 is 1.38 bits per heavy atom. The van der Waals surface area contributed by atoms with E-state index < -0.39 is 0 Å². The first-order valence-corrected chi connectivity index (χ1v) is 6.68. The number of nitrogens with zero attached hydrogens (tertiary/aromatic N) is 1. The van der Waals surface area contributed by atoms with Crippen LogP contribution < -0.4 is 5.32 Å². The monoisotopic (exact) mass is 226 g/mol. The second-order valence-corrected chi connectivity index (χ2v) is 5.97. The second-order valence-electron chi connectivity index (χ2n) is 5.97. The number of hydrogen-bond acceptors (Lipinski definition) is 3. The molecule has 2 fully saturated rings. The topological polar surface area (TPSA) is 35.5 Å². The number of piperidine rings is 1. The Balaban J connectivity index is 1.69. The molecule has 1 aliphatic heterocycles. The van der Waals surface area contributed by atoms with E-state index in [-0.39, 0.29) is 5.41 Å². The molecule has 2 rings (SSSR count). The Morgan fingerprint density at radius 2 is 2.00 bits per heavy atom. The molecule has 1 aliphatic carbocycles. The van der Waals surface area contributed by atoms with Crippen LogP contribution >= 0.6 is 0 Å². The largest absolute Gasteiger partial charge is 0.396 e. The van der Waals surface area contributed by atoms with Crippen molar-refractivity contribution in [1.82, 2.24) is 10.2 Å². The summed E-state index contributed by atoms with van der Waals surface area (Å²) in [4.78, 5) is 2.42. The summed E-state index contributed by atoms with van der Waals surface area (Å²) in [6.45, 7) is 6.16. The Bertz CT molecular complexity index is 220. The van der Waals surface area contributed by atoms with Crippen LogP contribution in [-0.4, -0.2) is 49.3 Å². The van der Waals surface area contributed by atoms with Crippen LogP contribution in [0.2, 0.25) is 0 Å². The highest BCUT2D eigenvalue weighted by atomic mass is 16.3. The molecule has 3 heteroatoms. The highest BCUT2D eigenvalue weighted by molar-refractivity contribution is 4.95. The van der Waals surface area contributed by atoms with Gasteiger partial charge in [0, 0.05) is 24.6 Å². The summed E-state index contributed by atoms with van der Waals surface area (Å²) in [5, 5.41) is 12.9. The number of aliphatic hydroxyl groups is 1. The molecule has 1 atom stereocenters. The standard InChI is InChI=1S/C13H26N2O/c1-11(12-3-7-15(2)8-4-12)14-9-13(10-16)5-6-13/h11-12,14,16H,3-10H2,1-2H3. The maximum absolute atomic E-state index is 9.27. The zero-order chi connectivity index (χ0) is 11.6. The van der Waals surface area contributed by atoms with E-state index in [1.165, 1.54) is 38.8 Å². The third-order valence-electron chi connectivity index (χ3n) is 4.56.